The van der Waals surface area contributed by atoms with Gasteiger partial charge in [-0.2, -0.15) is 4.31 Å². The fourth-order valence-corrected chi connectivity index (χ4v) is 4.96. The van der Waals surface area contributed by atoms with Crippen LogP contribution in [0, 0.1) is 6.92 Å². The minimum Gasteiger partial charge on any atom is -0.497 e. The largest absolute Gasteiger partial charge is 0.497 e. The molecule has 0 radical (unpaired) electrons. The van der Waals surface area contributed by atoms with Crippen molar-refractivity contribution in [2.45, 2.75) is 43.5 Å². The maximum Gasteiger partial charge on any atom is 0.243 e. The summed E-state index contributed by atoms with van der Waals surface area (Å²) in [5, 5.41) is 3.02. The Morgan fingerprint density at radius 3 is 2.26 bits per heavy atom. The van der Waals surface area contributed by atoms with E-state index in [0.29, 0.717) is 51.1 Å². The summed E-state index contributed by atoms with van der Waals surface area (Å²) in [6.45, 7) is 3.27. The lowest BCUT2D eigenvalue weighted by atomic mass is 10.1. The molecule has 31 heavy (non-hydrogen) atoms. The highest BCUT2D eigenvalue weighted by Crippen LogP contribution is 2.23. The number of methoxy groups -OCH3 is 1. The number of sulfonamides is 1. The summed E-state index contributed by atoms with van der Waals surface area (Å²) in [6, 6.07) is 14.2. The minimum atomic E-state index is -3.54. The predicted octanol–water partition coefficient (Wildman–Crippen LogP) is 3.13. The highest BCUT2D eigenvalue weighted by molar-refractivity contribution is 7.89. The molecular weight excluding hydrogens is 416 g/mol. The van der Waals surface area contributed by atoms with E-state index in [1.54, 1.807) is 31.4 Å². The fourth-order valence-electron chi connectivity index (χ4n) is 3.49. The molecule has 0 aliphatic carbocycles. The van der Waals surface area contributed by atoms with Gasteiger partial charge in [0.2, 0.25) is 15.9 Å². The smallest absolute Gasteiger partial charge is 0.243 e. The van der Waals surface area contributed by atoms with Gasteiger partial charge < -0.3 is 14.8 Å². The Morgan fingerprint density at radius 1 is 1.03 bits per heavy atom. The minimum absolute atomic E-state index is 0.00663. The maximum absolute atomic E-state index is 12.8. The van der Waals surface area contributed by atoms with Gasteiger partial charge in [-0.25, -0.2) is 8.42 Å². The molecule has 8 heteroatoms. The number of carbonyl (C=O) groups excluding carboxylic acids is 1. The van der Waals surface area contributed by atoms with E-state index in [1.165, 1.54) is 9.87 Å². The fraction of sp³-hybridized carbons (Fsp3) is 0.435. The van der Waals surface area contributed by atoms with Gasteiger partial charge in [0, 0.05) is 25.6 Å². The van der Waals surface area contributed by atoms with Gasteiger partial charge in [-0.3, -0.25) is 4.79 Å². The van der Waals surface area contributed by atoms with Gasteiger partial charge in [0.05, 0.1) is 18.6 Å². The molecule has 2 aromatic rings. The van der Waals surface area contributed by atoms with Crippen molar-refractivity contribution >= 4 is 15.9 Å². The molecular formula is C23H30N2O5S. The standard InChI is InChI=1S/C23H30N2O5S/c1-18-5-7-21(8-6-18)30-17-3-4-23(26)24-19-13-15-25(16-14-19)31(27,28)22-11-9-20(29-2)10-12-22/h5-12,19H,3-4,13-17H2,1-2H3,(H,24,26). The van der Waals surface area contributed by atoms with Crippen molar-refractivity contribution in [1.82, 2.24) is 9.62 Å². The molecule has 2 aromatic carbocycles. The molecule has 0 bridgehead atoms. The van der Waals surface area contributed by atoms with Crippen molar-refractivity contribution in [3.05, 3.63) is 54.1 Å². The Bertz CT molecular complexity index is 950. The molecule has 1 aliphatic rings. The van der Waals surface area contributed by atoms with Gasteiger partial charge >= 0.3 is 0 Å². The summed E-state index contributed by atoms with van der Waals surface area (Å²) < 4.78 is 37.8. The number of rotatable bonds is 9. The second kappa shape index (κ2) is 10.6. The number of piperidine rings is 1. The molecule has 1 N–H and O–H groups in total. The zero-order valence-corrected chi connectivity index (χ0v) is 18.9. The zero-order valence-electron chi connectivity index (χ0n) is 18.0. The topological polar surface area (TPSA) is 84.9 Å². The van der Waals surface area contributed by atoms with Crippen molar-refractivity contribution in [3.8, 4) is 11.5 Å². The SMILES string of the molecule is COc1ccc(S(=O)(=O)N2CCC(NC(=O)CCCOc3ccc(C)cc3)CC2)cc1. The lowest BCUT2D eigenvalue weighted by Crippen LogP contribution is -2.46. The first kappa shape index (κ1) is 23.1. The van der Waals surface area contributed by atoms with Crippen molar-refractivity contribution < 1.29 is 22.7 Å². The van der Waals surface area contributed by atoms with Crippen LogP contribution in [0.3, 0.4) is 0 Å². The quantitative estimate of drug-likeness (QED) is 0.598. The van der Waals surface area contributed by atoms with Gasteiger partial charge in [0.15, 0.2) is 0 Å². The summed E-state index contributed by atoms with van der Waals surface area (Å²) >= 11 is 0. The Labute approximate surface area is 184 Å². The summed E-state index contributed by atoms with van der Waals surface area (Å²) in [7, 11) is -2.00. The van der Waals surface area contributed by atoms with E-state index in [0.717, 1.165) is 5.75 Å². The van der Waals surface area contributed by atoms with Crippen molar-refractivity contribution in [2.24, 2.45) is 0 Å². The molecule has 0 atom stereocenters. The van der Waals surface area contributed by atoms with Crippen LogP contribution in [0.4, 0.5) is 0 Å². The molecule has 1 saturated heterocycles. The normalized spacial score (nSPS) is 15.4. The third-order valence-electron chi connectivity index (χ3n) is 5.35. The van der Waals surface area contributed by atoms with E-state index in [1.807, 2.05) is 31.2 Å². The molecule has 0 aromatic heterocycles. The first-order chi connectivity index (χ1) is 14.9. The van der Waals surface area contributed by atoms with E-state index in [-0.39, 0.29) is 16.8 Å². The number of hydrogen-bond acceptors (Lipinski definition) is 5. The number of nitrogens with one attached hydrogen (secondary N) is 1. The Hall–Kier alpha value is -2.58. The summed E-state index contributed by atoms with van der Waals surface area (Å²) in [4.78, 5) is 12.5. The Morgan fingerprint density at radius 2 is 1.65 bits per heavy atom. The van der Waals surface area contributed by atoms with Crippen LogP contribution >= 0.6 is 0 Å². The highest BCUT2D eigenvalue weighted by atomic mass is 32.2. The molecule has 3 rings (SSSR count). The average Bonchev–Trinajstić information content (AvgIpc) is 2.78. The summed E-state index contributed by atoms with van der Waals surface area (Å²) in [6.07, 6.45) is 2.21. The summed E-state index contributed by atoms with van der Waals surface area (Å²) in [5.74, 6) is 1.39. The van der Waals surface area contributed by atoms with E-state index in [9.17, 15) is 13.2 Å². The van der Waals surface area contributed by atoms with Crippen molar-refractivity contribution in [2.75, 3.05) is 26.8 Å². The monoisotopic (exact) mass is 446 g/mol. The van der Waals surface area contributed by atoms with Crippen LogP contribution in [0.25, 0.3) is 0 Å². The van der Waals surface area contributed by atoms with Crippen LogP contribution in [0.5, 0.6) is 11.5 Å². The molecule has 7 nitrogen and oxygen atoms in total. The van der Waals surface area contributed by atoms with Gasteiger partial charge in [-0.05, 0) is 62.6 Å². The first-order valence-corrected chi connectivity index (χ1v) is 12.0. The van der Waals surface area contributed by atoms with E-state index in [2.05, 4.69) is 5.32 Å². The van der Waals surface area contributed by atoms with E-state index < -0.39 is 10.0 Å². The third kappa shape index (κ3) is 6.45. The number of benzene rings is 2. The van der Waals surface area contributed by atoms with Crippen molar-refractivity contribution in [3.63, 3.8) is 0 Å². The first-order valence-electron chi connectivity index (χ1n) is 10.5. The van der Waals surface area contributed by atoms with Crippen LogP contribution < -0.4 is 14.8 Å². The van der Waals surface area contributed by atoms with Gasteiger partial charge in [-0.1, -0.05) is 17.7 Å². The highest BCUT2D eigenvalue weighted by Gasteiger charge is 2.29. The number of nitrogens with zero attached hydrogens (tertiary/aromatic N) is 1. The maximum atomic E-state index is 12.8. The Balaban J connectivity index is 1.38. The number of hydrogen-bond donors (Lipinski definition) is 1. The summed E-state index contributed by atoms with van der Waals surface area (Å²) in [5.41, 5.74) is 1.18. The number of carbonyl (C=O) groups is 1. The number of ether oxygens (including phenoxy) is 2. The van der Waals surface area contributed by atoms with Crippen LogP contribution in [0.2, 0.25) is 0 Å². The molecule has 0 spiro atoms. The number of aryl methyl sites for hydroxylation is 1. The molecule has 0 saturated carbocycles. The molecule has 0 unspecified atom stereocenters. The third-order valence-corrected chi connectivity index (χ3v) is 7.27. The molecule has 1 heterocycles. The van der Waals surface area contributed by atoms with Crippen LogP contribution in [0.1, 0.15) is 31.2 Å². The van der Waals surface area contributed by atoms with Gasteiger partial charge in [-0.15, -0.1) is 0 Å². The molecule has 168 valence electrons. The van der Waals surface area contributed by atoms with Crippen LogP contribution in [-0.2, 0) is 14.8 Å². The zero-order chi connectivity index (χ0) is 22.3. The van der Waals surface area contributed by atoms with E-state index >= 15 is 0 Å². The molecule has 1 amide bonds. The Kier molecular flexibility index (Phi) is 7.92. The lowest BCUT2D eigenvalue weighted by Gasteiger charge is -2.31. The second-order valence-electron chi connectivity index (χ2n) is 7.69. The van der Waals surface area contributed by atoms with E-state index in [4.69, 9.17) is 9.47 Å². The average molecular weight is 447 g/mol. The van der Waals surface area contributed by atoms with Gasteiger partial charge in [0.1, 0.15) is 11.5 Å². The molecule has 1 fully saturated rings. The predicted molar refractivity (Wildman–Crippen MR) is 119 cm³/mol. The lowest BCUT2D eigenvalue weighted by molar-refractivity contribution is -0.122. The van der Waals surface area contributed by atoms with Crippen molar-refractivity contribution in [1.29, 1.82) is 0 Å². The van der Waals surface area contributed by atoms with Crippen LogP contribution in [0.15, 0.2) is 53.4 Å². The molecule has 1 aliphatic heterocycles. The second-order valence-corrected chi connectivity index (χ2v) is 9.62. The van der Waals surface area contributed by atoms with Gasteiger partial charge in [0.25, 0.3) is 0 Å². The van der Waals surface area contributed by atoms with Crippen LogP contribution in [-0.4, -0.2) is 51.5 Å². The number of amides is 1.